The van der Waals surface area contributed by atoms with E-state index in [4.69, 9.17) is 0 Å². The molecule has 0 amide bonds. The molecular weight excluding hydrogens is 190 g/mol. The van der Waals surface area contributed by atoms with Crippen LogP contribution in [-0.2, 0) is 22.8 Å². The van der Waals surface area contributed by atoms with Crippen molar-refractivity contribution in [3.05, 3.63) is 17.7 Å². The molecule has 1 heterocycles. The zero-order chi connectivity index (χ0) is 10.1. The minimum Gasteiger partial charge on any atom is -0.334 e. The number of sulfonamides is 1. The molecule has 0 radical (unpaired) electrons. The van der Waals surface area contributed by atoms with E-state index >= 15 is 0 Å². The van der Waals surface area contributed by atoms with Crippen LogP contribution < -0.4 is 4.72 Å². The third-order valence-electron chi connectivity index (χ3n) is 1.97. The molecule has 1 N–H and O–H groups in total. The highest BCUT2D eigenvalue weighted by Crippen LogP contribution is 2.05. The molecule has 0 spiro atoms. The van der Waals surface area contributed by atoms with Crippen LogP contribution in [-0.4, -0.2) is 25.0 Å². The molecule has 0 aliphatic carbocycles. The molecule has 0 aromatic carbocycles. The smallest absolute Gasteiger partial charge is 0.217 e. The van der Waals surface area contributed by atoms with E-state index in [1.165, 1.54) is 7.05 Å². The molecule has 1 aromatic heterocycles. The van der Waals surface area contributed by atoms with Crippen molar-refractivity contribution in [2.24, 2.45) is 7.05 Å². The van der Waals surface area contributed by atoms with Crippen LogP contribution in [0.4, 0.5) is 0 Å². The maximum absolute atomic E-state index is 11.2. The second-order valence-corrected chi connectivity index (χ2v) is 4.75. The Morgan fingerprint density at radius 1 is 1.62 bits per heavy atom. The zero-order valence-electron chi connectivity index (χ0n) is 7.90. The van der Waals surface area contributed by atoms with Gasteiger partial charge in [0, 0.05) is 13.2 Å². The van der Waals surface area contributed by atoms with Crippen LogP contribution in [0.2, 0.25) is 0 Å². The lowest BCUT2D eigenvalue weighted by atomic mass is 10.5. The Morgan fingerprint density at radius 2 is 2.23 bits per heavy atom. The van der Waals surface area contributed by atoms with Gasteiger partial charge in [0.15, 0.2) is 0 Å². The summed E-state index contributed by atoms with van der Waals surface area (Å²) in [6.45, 7) is 1.83. The fourth-order valence-electron chi connectivity index (χ4n) is 0.950. The van der Waals surface area contributed by atoms with Gasteiger partial charge in [-0.3, -0.25) is 0 Å². The number of imidazole rings is 1. The van der Waals surface area contributed by atoms with Crippen molar-refractivity contribution in [1.82, 2.24) is 14.3 Å². The topological polar surface area (TPSA) is 64.0 Å². The fraction of sp³-hybridized carbons (Fsp3) is 0.571. The second kappa shape index (κ2) is 3.47. The number of aryl methyl sites for hydroxylation is 1. The largest absolute Gasteiger partial charge is 0.334 e. The first-order valence-corrected chi connectivity index (χ1v) is 5.50. The molecule has 5 nitrogen and oxygen atoms in total. The molecule has 1 rings (SSSR count). The molecule has 1 aromatic rings. The summed E-state index contributed by atoms with van der Waals surface area (Å²) in [6, 6.07) is 0. The van der Waals surface area contributed by atoms with E-state index in [0.29, 0.717) is 5.69 Å². The molecule has 0 atom stereocenters. The van der Waals surface area contributed by atoms with E-state index in [1.54, 1.807) is 17.8 Å². The zero-order valence-corrected chi connectivity index (χ0v) is 8.72. The van der Waals surface area contributed by atoms with E-state index in [-0.39, 0.29) is 5.75 Å². The van der Waals surface area contributed by atoms with Crippen LogP contribution in [0.5, 0.6) is 0 Å². The number of nitrogens with one attached hydrogen (secondary N) is 1. The van der Waals surface area contributed by atoms with Crippen LogP contribution in [0.15, 0.2) is 6.20 Å². The van der Waals surface area contributed by atoms with Crippen LogP contribution in [0.25, 0.3) is 0 Å². The molecular formula is C7H13N3O2S. The highest BCUT2D eigenvalue weighted by atomic mass is 32.2. The number of rotatable bonds is 3. The number of nitrogens with zero attached hydrogens (tertiary/aromatic N) is 2. The summed E-state index contributed by atoms with van der Waals surface area (Å²) < 4.78 is 26.4. The minimum atomic E-state index is -3.19. The van der Waals surface area contributed by atoms with E-state index in [9.17, 15) is 8.42 Å². The van der Waals surface area contributed by atoms with Gasteiger partial charge in [0.25, 0.3) is 0 Å². The van der Waals surface area contributed by atoms with Crippen molar-refractivity contribution in [1.29, 1.82) is 0 Å². The first-order valence-electron chi connectivity index (χ1n) is 3.84. The Hall–Kier alpha value is -0.880. The second-order valence-electron chi connectivity index (χ2n) is 2.82. The normalized spacial score (nSPS) is 11.9. The Labute approximate surface area is 77.8 Å². The third-order valence-corrected chi connectivity index (χ3v) is 3.26. The molecule has 0 aliphatic heterocycles. The summed E-state index contributed by atoms with van der Waals surface area (Å²) in [5.41, 5.74) is 0.687. The van der Waals surface area contributed by atoms with E-state index < -0.39 is 10.0 Å². The van der Waals surface area contributed by atoms with Crippen molar-refractivity contribution < 1.29 is 8.42 Å². The minimum absolute atomic E-state index is 0.0269. The van der Waals surface area contributed by atoms with Gasteiger partial charge in [-0.1, -0.05) is 0 Å². The van der Waals surface area contributed by atoms with Crippen molar-refractivity contribution in [3.63, 3.8) is 0 Å². The monoisotopic (exact) mass is 203 g/mol. The average Bonchev–Trinajstić information content (AvgIpc) is 2.36. The van der Waals surface area contributed by atoms with Crippen LogP contribution in [0.1, 0.15) is 11.5 Å². The van der Waals surface area contributed by atoms with Gasteiger partial charge in [-0.05, 0) is 14.0 Å². The van der Waals surface area contributed by atoms with Crippen molar-refractivity contribution in [3.8, 4) is 0 Å². The van der Waals surface area contributed by atoms with Crippen LogP contribution in [0.3, 0.4) is 0 Å². The number of hydrogen-bond donors (Lipinski definition) is 1. The van der Waals surface area contributed by atoms with E-state index in [2.05, 4.69) is 9.71 Å². The molecule has 0 aliphatic rings. The lowest BCUT2D eigenvalue weighted by Crippen LogP contribution is -2.21. The highest BCUT2D eigenvalue weighted by Gasteiger charge is 2.12. The predicted octanol–water partition coefficient (Wildman–Crippen LogP) is -0.222. The van der Waals surface area contributed by atoms with Gasteiger partial charge in [-0.25, -0.2) is 18.1 Å². The Kier molecular flexibility index (Phi) is 2.72. The molecule has 6 heteroatoms. The molecule has 13 heavy (non-hydrogen) atoms. The first kappa shape index (κ1) is 10.2. The SMILES string of the molecule is CNS(=O)(=O)Cc1cnc(C)n1C. The first-order chi connectivity index (χ1) is 5.96. The summed E-state index contributed by atoms with van der Waals surface area (Å²) in [6.07, 6.45) is 1.57. The number of aromatic nitrogens is 2. The molecule has 0 saturated heterocycles. The van der Waals surface area contributed by atoms with Crippen molar-refractivity contribution in [2.75, 3.05) is 7.05 Å². The highest BCUT2D eigenvalue weighted by molar-refractivity contribution is 7.88. The Balaban J connectivity index is 2.93. The van der Waals surface area contributed by atoms with Gasteiger partial charge in [0.2, 0.25) is 10.0 Å². The van der Waals surface area contributed by atoms with Gasteiger partial charge in [0.1, 0.15) is 11.6 Å². The summed E-state index contributed by atoms with van der Waals surface area (Å²) in [5.74, 6) is 0.780. The predicted molar refractivity (Wildman–Crippen MR) is 49.6 cm³/mol. The van der Waals surface area contributed by atoms with Gasteiger partial charge in [-0.2, -0.15) is 0 Å². The summed E-state index contributed by atoms with van der Waals surface area (Å²) in [5, 5.41) is 0. The summed E-state index contributed by atoms with van der Waals surface area (Å²) >= 11 is 0. The lowest BCUT2D eigenvalue weighted by Gasteiger charge is -2.03. The van der Waals surface area contributed by atoms with Gasteiger partial charge in [0.05, 0.1) is 5.69 Å². The molecule has 0 saturated carbocycles. The quantitative estimate of drug-likeness (QED) is 0.738. The van der Waals surface area contributed by atoms with E-state index in [0.717, 1.165) is 5.82 Å². The lowest BCUT2D eigenvalue weighted by molar-refractivity contribution is 0.585. The molecule has 74 valence electrons. The van der Waals surface area contributed by atoms with Gasteiger partial charge in [-0.15, -0.1) is 0 Å². The molecule has 0 bridgehead atoms. The standard InChI is InChI=1S/C7H13N3O2S/c1-6-9-4-7(10(6)3)5-13(11,12)8-2/h4,8H,5H2,1-3H3. The van der Waals surface area contributed by atoms with E-state index in [1.807, 2.05) is 6.92 Å². The third kappa shape index (κ3) is 2.28. The van der Waals surface area contributed by atoms with Crippen LogP contribution >= 0.6 is 0 Å². The summed E-state index contributed by atoms with van der Waals surface area (Å²) in [4.78, 5) is 4.01. The van der Waals surface area contributed by atoms with Crippen molar-refractivity contribution >= 4 is 10.0 Å². The van der Waals surface area contributed by atoms with Crippen molar-refractivity contribution in [2.45, 2.75) is 12.7 Å². The summed E-state index contributed by atoms with van der Waals surface area (Å²) in [7, 11) is 0.00329. The molecule has 0 unspecified atom stereocenters. The Morgan fingerprint density at radius 3 is 2.62 bits per heavy atom. The van der Waals surface area contributed by atoms with Gasteiger partial charge < -0.3 is 4.57 Å². The maximum atomic E-state index is 11.2. The van der Waals surface area contributed by atoms with Crippen LogP contribution in [0, 0.1) is 6.92 Å². The Bertz CT molecular complexity index is 394. The number of hydrogen-bond acceptors (Lipinski definition) is 3. The maximum Gasteiger partial charge on any atom is 0.217 e. The average molecular weight is 203 g/mol. The fourth-order valence-corrected chi connectivity index (χ4v) is 1.75. The molecule has 0 fully saturated rings. The van der Waals surface area contributed by atoms with Gasteiger partial charge >= 0.3 is 0 Å².